The van der Waals surface area contributed by atoms with E-state index in [1.807, 2.05) is 0 Å². The summed E-state index contributed by atoms with van der Waals surface area (Å²) in [4.78, 5) is 15.6. The number of amides is 1. The van der Waals surface area contributed by atoms with Gasteiger partial charge in [0.25, 0.3) is 11.1 Å². The number of rotatable bonds is 4. The van der Waals surface area contributed by atoms with Crippen LogP contribution >= 0.6 is 11.5 Å². The monoisotopic (exact) mass is 315 g/mol. The topological polar surface area (TPSA) is 89.0 Å². The summed E-state index contributed by atoms with van der Waals surface area (Å²) in [6.07, 6.45) is 0. The maximum atomic E-state index is 12.7. The van der Waals surface area contributed by atoms with Gasteiger partial charge < -0.3 is 0 Å². The normalized spacial score (nSPS) is 11.3. The number of hydrogen-bond acceptors (Lipinski definition) is 6. The fraction of sp³-hybridized carbons (Fsp3) is 0.182. The second-order valence-electron chi connectivity index (χ2n) is 3.75. The van der Waals surface area contributed by atoms with E-state index in [9.17, 15) is 17.6 Å². The highest BCUT2D eigenvalue weighted by Crippen LogP contribution is 2.16. The van der Waals surface area contributed by atoms with Gasteiger partial charge in [0.05, 0.1) is 5.75 Å². The molecule has 1 aromatic carbocycles. The standard InChI is InChI=1S/C11H10FN3O3S2/c1-2-20(17,18)11-14-10(19-15-11)13-9(16)7-3-5-8(12)6-4-7/h3-6H,2H2,1H3,(H,13,14,15,16). The van der Waals surface area contributed by atoms with Crippen molar-refractivity contribution in [2.75, 3.05) is 11.1 Å². The molecule has 106 valence electrons. The molecule has 1 heterocycles. The molecule has 1 N–H and O–H groups in total. The minimum absolute atomic E-state index is 0.0753. The Hall–Kier alpha value is -1.87. The first-order chi connectivity index (χ1) is 9.42. The average Bonchev–Trinajstić information content (AvgIpc) is 2.88. The molecule has 1 amide bonds. The summed E-state index contributed by atoms with van der Waals surface area (Å²) in [6.45, 7) is 1.48. The highest BCUT2D eigenvalue weighted by Gasteiger charge is 2.19. The molecule has 20 heavy (non-hydrogen) atoms. The molecule has 0 bridgehead atoms. The molecule has 0 spiro atoms. The molecule has 0 saturated heterocycles. The van der Waals surface area contributed by atoms with Crippen molar-refractivity contribution in [2.45, 2.75) is 12.1 Å². The Morgan fingerprint density at radius 2 is 2.00 bits per heavy atom. The maximum Gasteiger partial charge on any atom is 0.260 e. The predicted molar refractivity (Wildman–Crippen MR) is 72.0 cm³/mol. The molecule has 0 radical (unpaired) electrons. The smallest absolute Gasteiger partial charge is 0.260 e. The maximum absolute atomic E-state index is 12.7. The van der Waals surface area contributed by atoms with E-state index in [1.165, 1.54) is 19.1 Å². The Bertz CT molecular complexity index is 726. The number of hydrogen-bond donors (Lipinski definition) is 1. The fourth-order valence-electron chi connectivity index (χ4n) is 1.29. The minimum atomic E-state index is -3.50. The number of anilines is 1. The quantitative estimate of drug-likeness (QED) is 0.928. The van der Waals surface area contributed by atoms with Crippen molar-refractivity contribution in [3.05, 3.63) is 35.6 Å². The Morgan fingerprint density at radius 3 is 2.60 bits per heavy atom. The van der Waals surface area contributed by atoms with Crippen LogP contribution in [0.2, 0.25) is 0 Å². The number of carbonyl (C=O) groups excluding carboxylic acids is 1. The third-order valence-electron chi connectivity index (χ3n) is 2.39. The lowest BCUT2D eigenvalue weighted by atomic mass is 10.2. The van der Waals surface area contributed by atoms with E-state index in [4.69, 9.17) is 0 Å². The van der Waals surface area contributed by atoms with Crippen LogP contribution < -0.4 is 5.32 Å². The molecule has 2 aromatic rings. The predicted octanol–water partition coefficient (Wildman–Crippen LogP) is 1.72. The van der Waals surface area contributed by atoms with Crippen molar-refractivity contribution in [1.82, 2.24) is 9.36 Å². The van der Waals surface area contributed by atoms with Gasteiger partial charge in [0.2, 0.25) is 15.0 Å². The first kappa shape index (κ1) is 14.5. The molecule has 0 aliphatic rings. The zero-order valence-electron chi connectivity index (χ0n) is 10.3. The summed E-state index contributed by atoms with van der Waals surface area (Å²) in [5, 5.41) is 2.18. The van der Waals surface area contributed by atoms with Crippen molar-refractivity contribution < 1.29 is 17.6 Å². The third-order valence-corrected chi connectivity index (χ3v) is 4.64. The SMILES string of the molecule is CCS(=O)(=O)c1nsc(NC(=O)c2ccc(F)cc2)n1. The zero-order chi connectivity index (χ0) is 14.8. The van der Waals surface area contributed by atoms with Crippen LogP contribution in [0.1, 0.15) is 17.3 Å². The summed E-state index contributed by atoms with van der Waals surface area (Å²) >= 11 is 0.772. The van der Waals surface area contributed by atoms with Crippen LogP contribution in [0.25, 0.3) is 0 Å². The van der Waals surface area contributed by atoms with Gasteiger partial charge in [-0.2, -0.15) is 9.36 Å². The van der Waals surface area contributed by atoms with Crippen molar-refractivity contribution in [2.24, 2.45) is 0 Å². The molecule has 0 unspecified atom stereocenters. The van der Waals surface area contributed by atoms with Gasteiger partial charge in [-0.15, -0.1) is 0 Å². The van der Waals surface area contributed by atoms with Gasteiger partial charge in [-0.3, -0.25) is 10.1 Å². The number of carbonyl (C=O) groups is 1. The van der Waals surface area contributed by atoms with Gasteiger partial charge in [-0.05, 0) is 24.3 Å². The Kier molecular flexibility index (Phi) is 4.09. The highest BCUT2D eigenvalue weighted by molar-refractivity contribution is 7.91. The molecule has 0 aliphatic carbocycles. The molecule has 0 fully saturated rings. The average molecular weight is 315 g/mol. The van der Waals surface area contributed by atoms with Gasteiger partial charge in [0.1, 0.15) is 5.82 Å². The number of halogens is 1. The summed E-state index contributed by atoms with van der Waals surface area (Å²) in [5.41, 5.74) is 0.237. The molecule has 0 aliphatic heterocycles. The molecule has 6 nitrogen and oxygen atoms in total. The molecule has 9 heteroatoms. The molecular weight excluding hydrogens is 305 g/mol. The van der Waals surface area contributed by atoms with E-state index < -0.39 is 21.6 Å². The molecule has 2 rings (SSSR count). The number of nitrogens with zero attached hydrogens (tertiary/aromatic N) is 2. The van der Waals surface area contributed by atoms with Gasteiger partial charge >= 0.3 is 0 Å². The molecule has 0 saturated carbocycles. The number of nitrogens with one attached hydrogen (secondary N) is 1. The second kappa shape index (κ2) is 5.63. The van der Waals surface area contributed by atoms with E-state index in [0.29, 0.717) is 0 Å². The van der Waals surface area contributed by atoms with Crippen LogP contribution in [0.5, 0.6) is 0 Å². The van der Waals surface area contributed by atoms with Crippen LogP contribution in [0.4, 0.5) is 9.52 Å². The summed E-state index contributed by atoms with van der Waals surface area (Å²) in [7, 11) is -3.50. The lowest BCUT2D eigenvalue weighted by molar-refractivity contribution is 0.102. The Morgan fingerprint density at radius 1 is 1.35 bits per heavy atom. The van der Waals surface area contributed by atoms with Crippen LogP contribution in [-0.4, -0.2) is 29.4 Å². The van der Waals surface area contributed by atoms with Gasteiger partial charge in [0.15, 0.2) is 0 Å². The van der Waals surface area contributed by atoms with Crippen LogP contribution in [0.15, 0.2) is 29.4 Å². The number of sulfone groups is 1. The Labute approximate surface area is 118 Å². The number of aromatic nitrogens is 2. The lowest BCUT2D eigenvalue weighted by Crippen LogP contribution is -2.12. The van der Waals surface area contributed by atoms with E-state index in [0.717, 1.165) is 23.7 Å². The summed E-state index contributed by atoms with van der Waals surface area (Å²) in [5.74, 6) is -1.08. The first-order valence-corrected chi connectivity index (χ1v) is 7.98. The Balaban J connectivity index is 2.15. The van der Waals surface area contributed by atoms with Gasteiger partial charge in [-0.1, -0.05) is 6.92 Å². The first-order valence-electron chi connectivity index (χ1n) is 5.56. The third kappa shape index (κ3) is 3.17. The van der Waals surface area contributed by atoms with Crippen LogP contribution in [-0.2, 0) is 9.84 Å². The minimum Gasteiger partial charge on any atom is -0.297 e. The zero-order valence-corrected chi connectivity index (χ0v) is 12.0. The lowest BCUT2D eigenvalue weighted by Gasteiger charge is -2.00. The molecule has 0 atom stereocenters. The van der Waals surface area contributed by atoms with Crippen molar-refractivity contribution in [3.8, 4) is 0 Å². The molecular formula is C11H10FN3O3S2. The van der Waals surface area contributed by atoms with Crippen LogP contribution in [0, 0.1) is 5.82 Å². The second-order valence-corrected chi connectivity index (χ2v) is 6.67. The molecule has 1 aromatic heterocycles. The summed E-state index contributed by atoms with van der Waals surface area (Å²) < 4.78 is 39.5. The van der Waals surface area contributed by atoms with E-state index in [-0.39, 0.29) is 21.6 Å². The van der Waals surface area contributed by atoms with Gasteiger partial charge in [0, 0.05) is 17.1 Å². The number of benzene rings is 1. The van der Waals surface area contributed by atoms with Crippen molar-refractivity contribution in [1.29, 1.82) is 0 Å². The van der Waals surface area contributed by atoms with E-state index in [2.05, 4.69) is 14.7 Å². The van der Waals surface area contributed by atoms with Crippen LogP contribution in [0.3, 0.4) is 0 Å². The van der Waals surface area contributed by atoms with Crippen molar-refractivity contribution in [3.63, 3.8) is 0 Å². The van der Waals surface area contributed by atoms with E-state index in [1.54, 1.807) is 0 Å². The fourth-order valence-corrected chi connectivity index (χ4v) is 2.87. The van der Waals surface area contributed by atoms with Crippen molar-refractivity contribution >= 4 is 32.4 Å². The summed E-state index contributed by atoms with van der Waals surface area (Å²) in [6, 6.07) is 4.94. The highest BCUT2D eigenvalue weighted by atomic mass is 32.2. The van der Waals surface area contributed by atoms with E-state index >= 15 is 0 Å². The largest absolute Gasteiger partial charge is 0.297 e. The van der Waals surface area contributed by atoms with Gasteiger partial charge in [-0.25, -0.2) is 12.8 Å².